The van der Waals surface area contributed by atoms with Crippen LogP contribution >= 0.6 is 0 Å². The van der Waals surface area contributed by atoms with Crippen LogP contribution in [0.5, 0.6) is 0 Å². The first-order valence-corrected chi connectivity index (χ1v) is 7.58. The number of hydrogen-bond acceptors (Lipinski definition) is 2. The molecule has 0 radical (unpaired) electrons. The number of nitrogens with zero attached hydrogens (tertiary/aromatic N) is 2. The van der Waals surface area contributed by atoms with Gasteiger partial charge < -0.3 is 0 Å². The summed E-state index contributed by atoms with van der Waals surface area (Å²) in [6, 6.07) is 6.38. The van der Waals surface area contributed by atoms with Crippen LogP contribution in [0.3, 0.4) is 0 Å². The normalized spacial score (nSPS) is 20.4. The minimum Gasteiger partial charge on any atom is -0.195 e. The molecule has 0 unspecified atom stereocenters. The van der Waals surface area contributed by atoms with Crippen LogP contribution < -0.4 is 0 Å². The van der Waals surface area contributed by atoms with Crippen molar-refractivity contribution < 1.29 is 8.42 Å². The van der Waals surface area contributed by atoms with E-state index < -0.39 is 10.2 Å². The molecule has 18 heavy (non-hydrogen) atoms. The molecule has 0 atom stereocenters. The van der Waals surface area contributed by atoms with Crippen molar-refractivity contribution in [2.45, 2.75) is 20.3 Å². The highest BCUT2D eigenvalue weighted by Crippen LogP contribution is 2.16. The second kappa shape index (κ2) is 4.99. The van der Waals surface area contributed by atoms with Gasteiger partial charge in [-0.25, -0.2) is 0 Å². The van der Waals surface area contributed by atoms with Gasteiger partial charge in [0.05, 0.1) is 0 Å². The summed E-state index contributed by atoms with van der Waals surface area (Å²) < 4.78 is 26.8. The second-order valence-corrected chi connectivity index (χ2v) is 7.01. The first-order valence-electron chi connectivity index (χ1n) is 6.18. The molecule has 0 amide bonds. The highest BCUT2D eigenvalue weighted by Gasteiger charge is 2.32. The first kappa shape index (κ1) is 13.5. The van der Waals surface area contributed by atoms with Gasteiger partial charge in [0.15, 0.2) is 0 Å². The lowest BCUT2D eigenvalue weighted by Gasteiger charge is -2.16. The summed E-state index contributed by atoms with van der Waals surface area (Å²) >= 11 is 0. The molecule has 2 rings (SSSR count). The van der Waals surface area contributed by atoms with Crippen LogP contribution in [0.25, 0.3) is 0 Å². The summed E-state index contributed by atoms with van der Waals surface area (Å²) in [7, 11) is -1.56. The molecule has 0 N–H and O–H groups in total. The van der Waals surface area contributed by atoms with Crippen LogP contribution in [-0.2, 0) is 16.6 Å². The fourth-order valence-electron chi connectivity index (χ4n) is 2.37. The Kier molecular flexibility index (Phi) is 3.75. The number of aryl methyl sites for hydroxylation is 2. The van der Waals surface area contributed by atoms with Gasteiger partial charge >= 0.3 is 0 Å². The van der Waals surface area contributed by atoms with Crippen LogP contribution in [0.1, 0.15) is 16.7 Å². The van der Waals surface area contributed by atoms with Crippen molar-refractivity contribution in [3.8, 4) is 0 Å². The fourth-order valence-corrected chi connectivity index (χ4v) is 3.72. The molecule has 1 aromatic carbocycles. The van der Waals surface area contributed by atoms with Gasteiger partial charge in [0, 0.05) is 26.7 Å². The number of hydrogen-bond donors (Lipinski definition) is 0. The van der Waals surface area contributed by atoms with E-state index >= 15 is 0 Å². The Morgan fingerprint density at radius 1 is 1.11 bits per heavy atom. The molecule has 0 aliphatic carbocycles. The Morgan fingerprint density at radius 2 is 1.72 bits per heavy atom. The zero-order valence-corrected chi connectivity index (χ0v) is 12.0. The molecular formula is C13H20N2O2S. The minimum absolute atomic E-state index is 0.565. The Balaban J connectivity index is 2.04. The van der Waals surface area contributed by atoms with E-state index in [9.17, 15) is 8.42 Å². The third-order valence-electron chi connectivity index (χ3n) is 3.32. The van der Waals surface area contributed by atoms with Gasteiger partial charge in [0.25, 0.3) is 10.2 Å². The Bertz CT molecular complexity index is 520. The molecule has 100 valence electrons. The highest BCUT2D eigenvalue weighted by molar-refractivity contribution is 7.87. The number of benzene rings is 1. The number of likely N-dealkylation sites (N-methyl/N-ethyl adjacent to an activating group) is 1. The van der Waals surface area contributed by atoms with E-state index in [0.717, 1.165) is 6.42 Å². The van der Waals surface area contributed by atoms with Crippen molar-refractivity contribution in [3.63, 3.8) is 0 Å². The Morgan fingerprint density at radius 3 is 2.22 bits per heavy atom. The average molecular weight is 268 g/mol. The lowest BCUT2D eigenvalue weighted by Crippen LogP contribution is -2.32. The quantitative estimate of drug-likeness (QED) is 0.830. The predicted molar refractivity (Wildman–Crippen MR) is 72.7 cm³/mol. The lowest BCUT2D eigenvalue weighted by molar-refractivity contribution is 0.452. The zero-order valence-electron chi connectivity index (χ0n) is 11.2. The van der Waals surface area contributed by atoms with E-state index in [-0.39, 0.29) is 0 Å². The predicted octanol–water partition coefficient (Wildman–Crippen LogP) is 1.34. The van der Waals surface area contributed by atoms with Crippen LogP contribution in [-0.4, -0.2) is 43.7 Å². The SMILES string of the molecule is Cc1cc(C)cc(CCN2CCN(C)S2(=O)=O)c1. The molecule has 0 bridgehead atoms. The molecule has 1 aromatic rings. The lowest BCUT2D eigenvalue weighted by atomic mass is 10.1. The fraction of sp³-hybridized carbons (Fsp3) is 0.538. The van der Waals surface area contributed by atoms with E-state index in [1.807, 2.05) is 0 Å². The third kappa shape index (κ3) is 2.74. The maximum atomic E-state index is 11.9. The molecule has 4 nitrogen and oxygen atoms in total. The van der Waals surface area contributed by atoms with E-state index in [4.69, 9.17) is 0 Å². The van der Waals surface area contributed by atoms with Crippen LogP contribution in [0.4, 0.5) is 0 Å². The molecule has 0 saturated carbocycles. The van der Waals surface area contributed by atoms with E-state index in [0.29, 0.717) is 19.6 Å². The molecule has 1 heterocycles. The molecule has 1 aliphatic rings. The first-order chi connectivity index (χ1) is 8.39. The summed E-state index contributed by atoms with van der Waals surface area (Å²) in [4.78, 5) is 0. The van der Waals surface area contributed by atoms with Gasteiger partial charge in [0.1, 0.15) is 0 Å². The topological polar surface area (TPSA) is 40.6 Å². The zero-order chi connectivity index (χ0) is 13.3. The molecular weight excluding hydrogens is 248 g/mol. The monoisotopic (exact) mass is 268 g/mol. The van der Waals surface area contributed by atoms with Gasteiger partial charge in [-0.15, -0.1) is 0 Å². The van der Waals surface area contributed by atoms with E-state index in [1.165, 1.54) is 21.0 Å². The molecule has 1 aliphatic heterocycles. The minimum atomic E-state index is -3.19. The molecule has 5 heteroatoms. The van der Waals surface area contributed by atoms with Crippen molar-refractivity contribution in [1.82, 2.24) is 8.61 Å². The highest BCUT2D eigenvalue weighted by atomic mass is 32.2. The second-order valence-electron chi connectivity index (χ2n) is 4.97. The smallest absolute Gasteiger partial charge is 0.195 e. The van der Waals surface area contributed by atoms with Crippen molar-refractivity contribution in [2.75, 3.05) is 26.7 Å². The maximum absolute atomic E-state index is 11.9. The average Bonchev–Trinajstić information content (AvgIpc) is 2.50. The Hall–Kier alpha value is -0.910. The van der Waals surface area contributed by atoms with Crippen LogP contribution in [0.2, 0.25) is 0 Å². The van der Waals surface area contributed by atoms with Gasteiger partial charge in [-0.3, -0.25) is 0 Å². The van der Waals surface area contributed by atoms with Gasteiger partial charge in [-0.1, -0.05) is 29.3 Å². The number of rotatable bonds is 3. The molecule has 1 fully saturated rings. The van der Waals surface area contributed by atoms with Crippen molar-refractivity contribution >= 4 is 10.2 Å². The maximum Gasteiger partial charge on any atom is 0.281 e. The Labute approximate surface area is 109 Å². The molecule has 0 spiro atoms. The standard InChI is InChI=1S/C13H20N2O2S/c1-11-8-12(2)10-13(9-11)4-5-15-7-6-14(3)18(15,16)17/h8-10H,4-7H2,1-3H3. The summed E-state index contributed by atoms with van der Waals surface area (Å²) in [6.45, 7) is 5.89. The van der Waals surface area contributed by atoms with Crippen LogP contribution in [0.15, 0.2) is 18.2 Å². The van der Waals surface area contributed by atoms with Crippen molar-refractivity contribution in [1.29, 1.82) is 0 Å². The molecule has 0 aromatic heterocycles. The molecule has 1 saturated heterocycles. The summed E-state index contributed by atoms with van der Waals surface area (Å²) in [5, 5.41) is 0. The summed E-state index contributed by atoms with van der Waals surface area (Å²) in [5.74, 6) is 0. The van der Waals surface area contributed by atoms with Gasteiger partial charge in [-0.2, -0.15) is 17.0 Å². The third-order valence-corrected chi connectivity index (χ3v) is 5.30. The van der Waals surface area contributed by atoms with Gasteiger partial charge in [-0.05, 0) is 25.8 Å². The summed E-state index contributed by atoms with van der Waals surface area (Å²) in [5.41, 5.74) is 3.66. The van der Waals surface area contributed by atoms with E-state index in [1.54, 1.807) is 11.4 Å². The van der Waals surface area contributed by atoms with Gasteiger partial charge in [0.2, 0.25) is 0 Å². The largest absolute Gasteiger partial charge is 0.281 e. The van der Waals surface area contributed by atoms with Crippen molar-refractivity contribution in [2.24, 2.45) is 0 Å². The van der Waals surface area contributed by atoms with Crippen LogP contribution in [0, 0.1) is 13.8 Å². The van der Waals surface area contributed by atoms with Crippen molar-refractivity contribution in [3.05, 3.63) is 34.9 Å². The van der Waals surface area contributed by atoms with E-state index in [2.05, 4.69) is 32.0 Å². The summed E-state index contributed by atoms with van der Waals surface area (Å²) in [6.07, 6.45) is 0.773.